The first-order valence-corrected chi connectivity index (χ1v) is 7.84. The van der Waals surface area contributed by atoms with Crippen molar-refractivity contribution in [2.45, 2.75) is 44.0 Å². The van der Waals surface area contributed by atoms with E-state index in [0.717, 1.165) is 32.4 Å². The summed E-state index contributed by atoms with van der Waals surface area (Å²) in [6.45, 7) is 1.62. The van der Waals surface area contributed by atoms with Crippen molar-refractivity contribution in [3.63, 3.8) is 0 Å². The molecule has 0 aliphatic carbocycles. The molecule has 2 fully saturated rings. The SMILES string of the molecule is CN=C(NCCC1CCCO1)NC1CCN(CC(F)(F)F)C1. The van der Waals surface area contributed by atoms with Gasteiger partial charge in [-0.25, -0.2) is 0 Å². The van der Waals surface area contributed by atoms with Crippen LogP contribution in [0.2, 0.25) is 0 Å². The maximum atomic E-state index is 12.4. The second-order valence-electron chi connectivity index (χ2n) is 5.90. The van der Waals surface area contributed by atoms with Gasteiger partial charge in [-0.2, -0.15) is 13.2 Å². The first-order chi connectivity index (χ1) is 10.5. The second kappa shape index (κ2) is 8.01. The predicted octanol–water partition coefficient (Wildman–Crippen LogP) is 1.36. The predicted molar refractivity (Wildman–Crippen MR) is 79.0 cm³/mol. The molecule has 2 aliphatic rings. The van der Waals surface area contributed by atoms with Gasteiger partial charge in [0, 0.05) is 39.3 Å². The Morgan fingerprint density at radius 2 is 2.18 bits per heavy atom. The third kappa shape index (κ3) is 6.00. The zero-order chi connectivity index (χ0) is 16.0. The molecule has 2 atom stereocenters. The van der Waals surface area contributed by atoms with Crippen molar-refractivity contribution in [2.24, 2.45) is 4.99 Å². The standard InChI is InChI=1S/C14H25F3N4O/c1-18-13(19-6-4-12-3-2-8-22-12)20-11-5-7-21(9-11)10-14(15,16)17/h11-12H,2-10H2,1H3,(H2,18,19,20). The van der Waals surface area contributed by atoms with Crippen molar-refractivity contribution < 1.29 is 17.9 Å². The maximum Gasteiger partial charge on any atom is 0.401 e. The molecule has 2 aliphatic heterocycles. The van der Waals surface area contributed by atoms with Crippen LogP contribution in [-0.4, -0.2) is 69.0 Å². The van der Waals surface area contributed by atoms with E-state index in [1.165, 1.54) is 4.90 Å². The summed E-state index contributed by atoms with van der Waals surface area (Å²) in [6, 6.07) is 0.0104. The van der Waals surface area contributed by atoms with E-state index < -0.39 is 12.7 Å². The number of hydrogen-bond donors (Lipinski definition) is 2. The number of rotatable bonds is 5. The molecule has 0 saturated carbocycles. The van der Waals surface area contributed by atoms with Crippen LogP contribution >= 0.6 is 0 Å². The van der Waals surface area contributed by atoms with E-state index in [1.807, 2.05) is 0 Å². The van der Waals surface area contributed by atoms with Crippen LogP contribution in [0.15, 0.2) is 4.99 Å². The average Bonchev–Trinajstić information content (AvgIpc) is 3.08. The first kappa shape index (κ1) is 17.3. The number of nitrogens with zero attached hydrogens (tertiary/aromatic N) is 2. The number of likely N-dealkylation sites (tertiary alicyclic amines) is 1. The fourth-order valence-electron chi connectivity index (χ4n) is 2.96. The lowest BCUT2D eigenvalue weighted by molar-refractivity contribution is -0.143. The Bertz CT molecular complexity index is 370. The number of guanidine groups is 1. The van der Waals surface area contributed by atoms with Gasteiger partial charge in [0.25, 0.3) is 0 Å². The summed E-state index contributed by atoms with van der Waals surface area (Å²) in [6.07, 6.45) is 0.0288. The second-order valence-corrected chi connectivity index (χ2v) is 5.90. The summed E-state index contributed by atoms with van der Waals surface area (Å²) in [7, 11) is 1.67. The quantitative estimate of drug-likeness (QED) is 0.593. The van der Waals surface area contributed by atoms with Gasteiger partial charge >= 0.3 is 6.18 Å². The van der Waals surface area contributed by atoms with Crippen LogP contribution in [-0.2, 0) is 4.74 Å². The van der Waals surface area contributed by atoms with E-state index in [-0.39, 0.29) is 6.04 Å². The zero-order valence-corrected chi connectivity index (χ0v) is 13.0. The van der Waals surface area contributed by atoms with E-state index in [2.05, 4.69) is 15.6 Å². The monoisotopic (exact) mass is 322 g/mol. The fourth-order valence-corrected chi connectivity index (χ4v) is 2.96. The summed E-state index contributed by atoms with van der Waals surface area (Å²) >= 11 is 0. The summed E-state index contributed by atoms with van der Waals surface area (Å²) in [5.74, 6) is 0.650. The third-order valence-corrected chi connectivity index (χ3v) is 4.02. The van der Waals surface area contributed by atoms with Gasteiger partial charge in [-0.3, -0.25) is 9.89 Å². The number of alkyl halides is 3. The van der Waals surface area contributed by atoms with Crippen molar-refractivity contribution in [1.82, 2.24) is 15.5 Å². The molecule has 0 aromatic rings. The molecule has 2 rings (SSSR count). The Labute approximate surface area is 129 Å². The molecule has 0 amide bonds. The molecule has 22 heavy (non-hydrogen) atoms. The van der Waals surface area contributed by atoms with Gasteiger partial charge in [0.15, 0.2) is 5.96 Å². The summed E-state index contributed by atoms with van der Waals surface area (Å²) in [5, 5.41) is 6.40. The Morgan fingerprint density at radius 1 is 1.36 bits per heavy atom. The molecule has 2 unspecified atom stereocenters. The minimum atomic E-state index is -4.13. The summed E-state index contributed by atoms with van der Waals surface area (Å²) < 4.78 is 42.7. The lowest BCUT2D eigenvalue weighted by Gasteiger charge is -2.20. The minimum Gasteiger partial charge on any atom is -0.378 e. The molecule has 0 aromatic heterocycles. The molecule has 0 spiro atoms. The number of ether oxygens (including phenoxy) is 1. The number of halogens is 3. The molecule has 5 nitrogen and oxygen atoms in total. The number of hydrogen-bond acceptors (Lipinski definition) is 3. The Morgan fingerprint density at radius 3 is 2.82 bits per heavy atom. The van der Waals surface area contributed by atoms with Gasteiger partial charge in [0.1, 0.15) is 0 Å². The normalized spacial score (nSPS) is 27.4. The van der Waals surface area contributed by atoms with Gasteiger partial charge in [-0.1, -0.05) is 0 Å². The summed E-state index contributed by atoms with van der Waals surface area (Å²) in [4.78, 5) is 5.56. The van der Waals surface area contributed by atoms with E-state index in [9.17, 15) is 13.2 Å². The van der Waals surface area contributed by atoms with Crippen molar-refractivity contribution in [2.75, 3.05) is 39.8 Å². The van der Waals surface area contributed by atoms with Crippen molar-refractivity contribution in [3.05, 3.63) is 0 Å². The Balaban J connectivity index is 1.65. The van der Waals surface area contributed by atoms with Gasteiger partial charge in [-0.05, 0) is 25.7 Å². The van der Waals surface area contributed by atoms with E-state index in [4.69, 9.17) is 4.74 Å². The zero-order valence-electron chi connectivity index (χ0n) is 13.0. The molecule has 0 radical (unpaired) electrons. The highest BCUT2D eigenvalue weighted by atomic mass is 19.4. The maximum absolute atomic E-state index is 12.4. The topological polar surface area (TPSA) is 48.9 Å². The van der Waals surface area contributed by atoms with Crippen molar-refractivity contribution in [1.29, 1.82) is 0 Å². The molecule has 8 heteroatoms. The number of aliphatic imine (C=N–C) groups is 1. The Kier molecular flexibility index (Phi) is 6.31. The van der Waals surface area contributed by atoms with Crippen molar-refractivity contribution >= 4 is 5.96 Å². The number of nitrogens with one attached hydrogen (secondary N) is 2. The van der Waals surface area contributed by atoms with Crippen LogP contribution in [0, 0.1) is 0 Å². The van der Waals surface area contributed by atoms with E-state index >= 15 is 0 Å². The van der Waals surface area contributed by atoms with Crippen LogP contribution in [0.5, 0.6) is 0 Å². The van der Waals surface area contributed by atoms with Gasteiger partial charge in [0.05, 0.1) is 12.6 Å². The Hall–Kier alpha value is -1.02. The lowest BCUT2D eigenvalue weighted by atomic mass is 10.2. The average molecular weight is 322 g/mol. The van der Waals surface area contributed by atoms with Gasteiger partial charge in [0.2, 0.25) is 0 Å². The van der Waals surface area contributed by atoms with E-state index in [0.29, 0.717) is 31.6 Å². The highest BCUT2D eigenvalue weighted by Crippen LogP contribution is 2.20. The summed E-state index contributed by atoms with van der Waals surface area (Å²) in [5.41, 5.74) is 0. The molecule has 0 aromatic carbocycles. The molecule has 128 valence electrons. The third-order valence-electron chi connectivity index (χ3n) is 4.02. The van der Waals surface area contributed by atoms with Crippen LogP contribution in [0.25, 0.3) is 0 Å². The first-order valence-electron chi connectivity index (χ1n) is 7.84. The van der Waals surface area contributed by atoms with E-state index in [1.54, 1.807) is 7.05 Å². The van der Waals surface area contributed by atoms with Gasteiger partial charge < -0.3 is 15.4 Å². The lowest BCUT2D eigenvalue weighted by Crippen LogP contribution is -2.45. The molecular weight excluding hydrogens is 297 g/mol. The van der Waals surface area contributed by atoms with Crippen LogP contribution < -0.4 is 10.6 Å². The molecule has 2 N–H and O–H groups in total. The fraction of sp³-hybridized carbons (Fsp3) is 0.929. The van der Waals surface area contributed by atoms with Crippen LogP contribution in [0.3, 0.4) is 0 Å². The highest BCUT2D eigenvalue weighted by Gasteiger charge is 2.34. The van der Waals surface area contributed by atoms with Gasteiger partial charge in [-0.15, -0.1) is 0 Å². The molecule has 2 saturated heterocycles. The van der Waals surface area contributed by atoms with Crippen LogP contribution in [0.4, 0.5) is 13.2 Å². The molecule has 2 heterocycles. The van der Waals surface area contributed by atoms with Crippen LogP contribution in [0.1, 0.15) is 25.7 Å². The molecule has 0 bridgehead atoms. The highest BCUT2D eigenvalue weighted by molar-refractivity contribution is 5.79. The molecular formula is C14H25F3N4O. The van der Waals surface area contributed by atoms with Crippen molar-refractivity contribution in [3.8, 4) is 0 Å². The largest absolute Gasteiger partial charge is 0.401 e. The smallest absolute Gasteiger partial charge is 0.378 e. The minimum absolute atomic E-state index is 0.0104.